The summed E-state index contributed by atoms with van der Waals surface area (Å²) in [4.78, 5) is 5.15. The highest BCUT2D eigenvalue weighted by atomic mass is 16.5. The Bertz CT molecular complexity index is 366. The van der Waals surface area contributed by atoms with E-state index in [-0.39, 0.29) is 0 Å². The van der Waals surface area contributed by atoms with Crippen LogP contribution in [0.25, 0.3) is 0 Å². The Kier molecular flexibility index (Phi) is 6.04. The van der Waals surface area contributed by atoms with Gasteiger partial charge in [-0.05, 0) is 31.2 Å². The van der Waals surface area contributed by atoms with E-state index in [1.54, 1.807) is 7.11 Å². The van der Waals surface area contributed by atoms with E-state index in [2.05, 4.69) is 36.6 Å². The van der Waals surface area contributed by atoms with E-state index in [9.17, 15) is 0 Å². The van der Waals surface area contributed by atoms with Crippen LogP contribution in [-0.4, -0.2) is 61.3 Å². The molecule has 21 heavy (non-hydrogen) atoms. The van der Waals surface area contributed by atoms with Gasteiger partial charge in [-0.1, -0.05) is 20.8 Å². The SMILES string of the molecule is COCCN1C(CC(C)C2CN2CCCC#N)C1C(C)C. The molecule has 0 radical (unpaired) electrons. The topological polar surface area (TPSA) is 39.0 Å². The van der Waals surface area contributed by atoms with E-state index < -0.39 is 0 Å². The Hall–Kier alpha value is -0.630. The molecule has 2 heterocycles. The number of unbranched alkanes of at least 4 members (excludes halogenated alkanes) is 1. The summed E-state index contributed by atoms with van der Waals surface area (Å²) >= 11 is 0. The molecule has 2 aliphatic rings. The summed E-state index contributed by atoms with van der Waals surface area (Å²) in [5.41, 5.74) is 0. The quantitative estimate of drug-likeness (QED) is 0.458. The van der Waals surface area contributed by atoms with E-state index in [1.165, 1.54) is 13.0 Å². The van der Waals surface area contributed by atoms with E-state index in [0.29, 0.717) is 6.42 Å². The number of rotatable bonds is 10. The molecule has 120 valence electrons. The van der Waals surface area contributed by atoms with Gasteiger partial charge in [-0.25, -0.2) is 0 Å². The van der Waals surface area contributed by atoms with Crippen LogP contribution in [0, 0.1) is 23.2 Å². The zero-order valence-electron chi connectivity index (χ0n) is 14.1. The Labute approximate surface area is 130 Å². The largest absolute Gasteiger partial charge is 0.383 e. The molecular formula is C17H31N3O. The van der Waals surface area contributed by atoms with Gasteiger partial charge in [0.15, 0.2) is 0 Å². The molecule has 0 amide bonds. The molecule has 0 N–H and O–H groups in total. The maximum absolute atomic E-state index is 8.60. The number of hydrogen-bond acceptors (Lipinski definition) is 4. The molecule has 2 fully saturated rings. The van der Waals surface area contributed by atoms with Crippen LogP contribution in [0.4, 0.5) is 0 Å². The fourth-order valence-electron chi connectivity index (χ4n) is 3.86. The lowest BCUT2D eigenvalue weighted by Crippen LogP contribution is -2.16. The summed E-state index contributed by atoms with van der Waals surface area (Å²) in [6.45, 7) is 11.3. The normalized spacial score (nSPS) is 35.5. The van der Waals surface area contributed by atoms with Gasteiger partial charge < -0.3 is 4.74 Å². The second-order valence-corrected chi connectivity index (χ2v) is 7.07. The van der Waals surface area contributed by atoms with Gasteiger partial charge in [-0.15, -0.1) is 0 Å². The van der Waals surface area contributed by atoms with Gasteiger partial charge in [0.1, 0.15) is 0 Å². The second-order valence-electron chi connectivity index (χ2n) is 7.07. The Morgan fingerprint density at radius 2 is 2.05 bits per heavy atom. The maximum Gasteiger partial charge on any atom is 0.0622 e. The van der Waals surface area contributed by atoms with Gasteiger partial charge in [0.2, 0.25) is 0 Å². The fraction of sp³-hybridized carbons (Fsp3) is 0.941. The van der Waals surface area contributed by atoms with Crippen LogP contribution in [0.2, 0.25) is 0 Å². The molecule has 2 rings (SSSR count). The standard InChI is InChI=1S/C17H31N3O/c1-13(2)17-15(20(17)9-10-21-4)11-14(3)16-12-19(16)8-6-5-7-18/h13-17H,5-6,8-12H2,1-4H3. The Morgan fingerprint density at radius 3 is 2.67 bits per heavy atom. The predicted octanol–water partition coefficient (Wildman–Crippen LogP) is 2.36. The molecule has 0 bridgehead atoms. The van der Waals surface area contributed by atoms with Crippen molar-refractivity contribution in [1.82, 2.24) is 9.80 Å². The van der Waals surface area contributed by atoms with Crippen molar-refractivity contribution >= 4 is 0 Å². The van der Waals surface area contributed by atoms with Crippen LogP contribution in [-0.2, 0) is 4.74 Å². The van der Waals surface area contributed by atoms with Crippen LogP contribution in [0.1, 0.15) is 40.0 Å². The average molecular weight is 293 g/mol. The van der Waals surface area contributed by atoms with Crippen LogP contribution in [0.15, 0.2) is 0 Å². The molecule has 4 heteroatoms. The highest BCUT2D eigenvalue weighted by Crippen LogP contribution is 2.40. The number of ether oxygens (including phenoxy) is 1. The number of hydrogen-bond donors (Lipinski definition) is 0. The molecule has 0 spiro atoms. The monoisotopic (exact) mass is 293 g/mol. The molecule has 6 atom stereocenters. The van der Waals surface area contributed by atoms with Crippen LogP contribution < -0.4 is 0 Å². The third-order valence-corrected chi connectivity index (χ3v) is 5.11. The molecule has 2 aliphatic heterocycles. The first-order valence-electron chi connectivity index (χ1n) is 8.45. The van der Waals surface area contributed by atoms with Gasteiger partial charge >= 0.3 is 0 Å². The lowest BCUT2D eigenvalue weighted by molar-refractivity contribution is 0.178. The minimum absolute atomic E-state index is 0.695. The molecule has 4 nitrogen and oxygen atoms in total. The average Bonchev–Trinajstić information content (AvgIpc) is 3.32. The maximum atomic E-state index is 8.60. The number of nitriles is 1. The zero-order chi connectivity index (χ0) is 15.4. The lowest BCUT2D eigenvalue weighted by Gasteiger charge is -2.11. The van der Waals surface area contributed by atoms with E-state index in [0.717, 1.165) is 56.1 Å². The molecular weight excluding hydrogens is 262 g/mol. The van der Waals surface area contributed by atoms with Crippen LogP contribution in [0.3, 0.4) is 0 Å². The predicted molar refractivity (Wildman–Crippen MR) is 85.0 cm³/mol. The Balaban J connectivity index is 1.70. The van der Waals surface area contributed by atoms with Gasteiger partial charge in [-0.3, -0.25) is 9.80 Å². The smallest absolute Gasteiger partial charge is 0.0622 e. The first-order chi connectivity index (χ1) is 10.1. The molecule has 0 aromatic rings. The summed E-state index contributed by atoms with van der Waals surface area (Å²) in [6, 6.07) is 4.52. The molecule has 2 saturated heterocycles. The molecule has 0 aromatic heterocycles. The van der Waals surface area contributed by atoms with Crippen molar-refractivity contribution < 1.29 is 4.74 Å². The lowest BCUT2D eigenvalue weighted by atomic mass is 9.97. The van der Waals surface area contributed by atoms with Crippen molar-refractivity contribution in [3.63, 3.8) is 0 Å². The first kappa shape index (κ1) is 16.7. The van der Waals surface area contributed by atoms with Crippen molar-refractivity contribution in [3.8, 4) is 6.07 Å². The second kappa shape index (κ2) is 7.58. The van der Waals surface area contributed by atoms with Gasteiger partial charge in [-0.2, -0.15) is 5.26 Å². The third-order valence-electron chi connectivity index (χ3n) is 5.11. The first-order valence-corrected chi connectivity index (χ1v) is 8.45. The van der Waals surface area contributed by atoms with Crippen molar-refractivity contribution in [2.75, 3.05) is 33.4 Å². The van der Waals surface area contributed by atoms with Crippen molar-refractivity contribution in [1.29, 1.82) is 5.26 Å². The minimum atomic E-state index is 0.695. The van der Waals surface area contributed by atoms with E-state index in [1.807, 2.05) is 0 Å². The highest BCUT2D eigenvalue weighted by molar-refractivity contribution is 5.06. The Morgan fingerprint density at radius 1 is 1.29 bits per heavy atom. The minimum Gasteiger partial charge on any atom is -0.383 e. The van der Waals surface area contributed by atoms with Crippen LogP contribution in [0.5, 0.6) is 0 Å². The molecule has 0 aromatic carbocycles. The van der Waals surface area contributed by atoms with Gasteiger partial charge in [0.25, 0.3) is 0 Å². The summed E-state index contributed by atoms with van der Waals surface area (Å²) in [5.74, 6) is 1.51. The van der Waals surface area contributed by atoms with Crippen molar-refractivity contribution in [2.24, 2.45) is 11.8 Å². The fourth-order valence-corrected chi connectivity index (χ4v) is 3.86. The zero-order valence-corrected chi connectivity index (χ0v) is 14.1. The third kappa shape index (κ3) is 4.42. The van der Waals surface area contributed by atoms with E-state index in [4.69, 9.17) is 10.00 Å². The van der Waals surface area contributed by atoms with Gasteiger partial charge in [0.05, 0.1) is 12.7 Å². The number of nitrogens with zero attached hydrogens (tertiary/aromatic N) is 3. The van der Waals surface area contributed by atoms with Crippen molar-refractivity contribution in [3.05, 3.63) is 0 Å². The van der Waals surface area contributed by atoms with Crippen LogP contribution >= 0.6 is 0 Å². The van der Waals surface area contributed by atoms with E-state index >= 15 is 0 Å². The summed E-state index contributed by atoms with van der Waals surface area (Å²) in [7, 11) is 1.79. The summed E-state index contributed by atoms with van der Waals surface area (Å²) in [5, 5.41) is 8.60. The summed E-state index contributed by atoms with van der Waals surface area (Å²) in [6.07, 6.45) is 3.03. The van der Waals surface area contributed by atoms with Crippen molar-refractivity contribution in [2.45, 2.75) is 58.2 Å². The molecule has 0 saturated carbocycles. The number of methoxy groups -OCH3 is 1. The molecule has 0 aliphatic carbocycles. The molecule has 6 unspecified atom stereocenters. The van der Waals surface area contributed by atoms with Gasteiger partial charge in [0, 0.05) is 44.7 Å². The highest BCUT2D eigenvalue weighted by Gasteiger charge is 2.50. The summed E-state index contributed by atoms with van der Waals surface area (Å²) < 4.78 is 5.23.